The summed E-state index contributed by atoms with van der Waals surface area (Å²) in [5.41, 5.74) is 5.13. The lowest BCUT2D eigenvalue weighted by Gasteiger charge is -2.10. The number of rotatable bonds is 6. The molecular formula is C16H23N3. The monoisotopic (exact) mass is 257 g/mol. The van der Waals surface area contributed by atoms with Crippen LogP contribution in [0.25, 0.3) is 11.3 Å². The number of benzene rings is 1. The Morgan fingerprint density at radius 3 is 2.74 bits per heavy atom. The van der Waals surface area contributed by atoms with Crippen LogP contribution in [0.15, 0.2) is 30.5 Å². The second-order valence-electron chi connectivity index (χ2n) is 4.86. The third kappa shape index (κ3) is 3.24. The molecular weight excluding hydrogens is 234 g/mol. The summed E-state index contributed by atoms with van der Waals surface area (Å²) in [6.07, 6.45) is 3.04. The first-order chi connectivity index (χ1) is 9.26. The van der Waals surface area contributed by atoms with Gasteiger partial charge in [0.05, 0.1) is 5.69 Å². The normalized spacial score (nSPS) is 10.9. The Bertz CT molecular complexity index is 529. The Labute approximate surface area is 115 Å². The average molecular weight is 257 g/mol. The molecule has 102 valence electrons. The van der Waals surface area contributed by atoms with E-state index in [2.05, 4.69) is 55.5 Å². The zero-order chi connectivity index (χ0) is 13.7. The Morgan fingerprint density at radius 1 is 1.21 bits per heavy atom. The van der Waals surface area contributed by atoms with Crippen molar-refractivity contribution in [2.45, 2.75) is 40.3 Å². The van der Waals surface area contributed by atoms with E-state index in [-0.39, 0.29) is 0 Å². The molecule has 1 heterocycles. The Morgan fingerprint density at radius 2 is 2.05 bits per heavy atom. The molecule has 0 aliphatic heterocycles. The predicted octanol–water partition coefficient (Wildman–Crippen LogP) is 3.38. The maximum absolute atomic E-state index is 4.34. The fourth-order valence-corrected chi connectivity index (χ4v) is 2.35. The molecule has 3 nitrogen and oxygen atoms in total. The number of aryl methyl sites for hydroxylation is 2. The smallest absolute Gasteiger partial charge is 0.0684 e. The van der Waals surface area contributed by atoms with Crippen LogP contribution >= 0.6 is 0 Å². The molecule has 19 heavy (non-hydrogen) atoms. The molecule has 2 rings (SSSR count). The highest BCUT2D eigenvalue weighted by Crippen LogP contribution is 2.24. The van der Waals surface area contributed by atoms with Crippen LogP contribution in [0.1, 0.15) is 31.4 Å². The van der Waals surface area contributed by atoms with Crippen molar-refractivity contribution in [2.24, 2.45) is 0 Å². The van der Waals surface area contributed by atoms with Crippen LogP contribution in [0.4, 0.5) is 0 Å². The van der Waals surface area contributed by atoms with Crippen LogP contribution in [0.3, 0.4) is 0 Å². The van der Waals surface area contributed by atoms with Crippen LogP contribution in [-0.2, 0) is 13.1 Å². The van der Waals surface area contributed by atoms with Crippen LogP contribution < -0.4 is 5.32 Å². The number of nitrogens with one attached hydrogen (secondary N) is 1. The van der Waals surface area contributed by atoms with Crippen molar-refractivity contribution in [2.75, 3.05) is 6.54 Å². The third-order valence-corrected chi connectivity index (χ3v) is 3.34. The minimum atomic E-state index is 0.904. The summed E-state index contributed by atoms with van der Waals surface area (Å²) < 4.78 is 2.04. The van der Waals surface area contributed by atoms with Crippen LogP contribution in [-0.4, -0.2) is 16.3 Å². The summed E-state index contributed by atoms with van der Waals surface area (Å²) in [4.78, 5) is 0. The van der Waals surface area contributed by atoms with Crippen molar-refractivity contribution in [3.63, 3.8) is 0 Å². The largest absolute Gasteiger partial charge is 0.313 e. The first kappa shape index (κ1) is 13.8. The summed E-state index contributed by atoms with van der Waals surface area (Å²) in [6.45, 7) is 9.40. The lowest BCUT2D eigenvalue weighted by atomic mass is 10.0. The van der Waals surface area contributed by atoms with Crippen LogP contribution in [0, 0.1) is 6.92 Å². The van der Waals surface area contributed by atoms with E-state index in [0.29, 0.717) is 0 Å². The van der Waals surface area contributed by atoms with E-state index in [4.69, 9.17) is 0 Å². The topological polar surface area (TPSA) is 29.9 Å². The zero-order valence-electron chi connectivity index (χ0n) is 12.1. The second-order valence-corrected chi connectivity index (χ2v) is 4.86. The minimum absolute atomic E-state index is 0.904. The molecule has 0 bridgehead atoms. The molecule has 0 unspecified atom stereocenters. The molecule has 3 heteroatoms. The van der Waals surface area contributed by atoms with Gasteiger partial charge in [-0.15, -0.1) is 0 Å². The molecule has 0 aliphatic carbocycles. The van der Waals surface area contributed by atoms with Crippen molar-refractivity contribution in [1.82, 2.24) is 15.1 Å². The molecule has 0 amide bonds. The Hall–Kier alpha value is -1.61. The SMILES string of the molecule is CCCNCc1ccc(-c2ccnn2CC)c(C)c1. The van der Waals surface area contributed by atoms with Gasteiger partial charge in [0.25, 0.3) is 0 Å². The van der Waals surface area contributed by atoms with Crippen LogP contribution in [0.5, 0.6) is 0 Å². The second kappa shape index (κ2) is 6.53. The molecule has 0 spiro atoms. The van der Waals surface area contributed by atoms with E-state index >= 15 is 0 Å². The zero-order valence-corrected chi connectivity index (χ0v) is 12.1. The number of hydrogen-bond acceptors (Lipinski definition) is 2. The van der Waals surface area contributed by atoms with E-state index in [1.807, 2.05) is 10.9 Å². The molecule has 0 atom stereocenters. The lowest BCUT2D eigenvalue weighted by Crippen LogP contribution is -2.13. The van der Waals surface area contributed by atoms with E-state index in [1.165, 1.54) is 28.8 Å². The Balaban J connectivity index is 2.19. The standard InChI is InChI=1S/C16H23N3/c1-4-9-17-12-14-6-7-15(13(3)11-14)16-8-10-18-19(16)5-2/h6-8,10-11,17H,4-5,9,12H2,1-3H3. The fourth-order valence-electron chi connectivity index (χ4n) is 2.35. The fraction of sp³-hybridized carbons (Fsp3) is 0.438. The van der Waals surface area contributed by atoms with Gasteiger partial charge in [0.1, 0.15) is 0 Å². The number of aromatic nitrogens is 2. The van der Waals surface area contributed by atoms with Crippen molar-refractivity contribution in [1.29, 1.82) is 0 Å². The molecule has 0 aliphatic rings. The highest BCUT2D eigenvalue weighted by atomic mass is 15.3. The molecule has 0 saturated carbocycles. The molecule has 2 aromatic rings. The van der Waals surface area contributed by atoms with Crippen molar-refractivity contribution in [3.05, 3.63) is 41.6 Å². The molecule has 0 fully saturated rings. The Kier molecular flexibility index (Phi) is 4.74. The summed E-state index contributed by atoms with van der Waals surface area (Å²) in [5.74, 6) is 0. The molecule has 1 aromatic heterocycles. The maximum atomic E-state index is 4.34. The quantitative estimate of drug-likeness (QED) is 0.804. The van der Waals surface area contributed by atoms with Gasteiger partial charge in [-0.05, 0) is 44.0 Å². The summed E-state index contributed by atoms with van der Waals surface area (Å²) in [7, 11) is 0. The van der Waals surface area contributed by atoms with Gasteiger partial charge < -0.3 is 5.32 Å². The maximum Gasteiger partial charge on any atom is 0.0684 e. The van der Waals surface area contributed by atoms with E-state index in [1.54, 1.807) is 0 Å². The van der Waals surface area contributed by atoms with Gasteiger partial charge >= 0.3 is 0 Å². The molecule has 0 radical (unpaired) electrons. The number of nitrogens with zero attached hydrogens (tertiary/aromatic N) is 2. The summed E-state index contributed by atoms with van der Waals surface area (Å²) in [5, 5.41) is 7.78. The molecule has 1 aromatic carbocycles. The highest BCUT2D eigenvalue weighted by molar-refractivity contribution is 5.64. The number of hydrogen-bond donors (Lipinski definition) is 1. The van der Waals surface area contributed by atoms with E-state index in [0.717, 1.165) is 19.6 Å². The van der Waals surface area contributed by atoms with Gasteiger partial charge in [-0.1, -0.05) is 25.1 Å². The van der Waals surface area contributed by atoms with Crippen LogP contribution in [0.2, 0.25) is 0 Å². The molecule has 0 saturated heterocycles. The lowest BCUT2D eigenvalue weighted by molar-refractivity contribution is 0.666. The van der Waals surface area contributed by atoms with Crippen molar-refractivity contribution in [3.8, 4) is 11.3 Å². The first-order valence-corrected chi connectivity index (χ1v) is 7.08. The van der Waals surface area contributed by atoms with Crippen molar-refractivity contribution < 1.29 is 0 Å². The summed E-state index contributed by atoms with van der Waals surface area (Å²) in [6, 6.07) is 8.77. The highest BCUT2D eigenvalue weighted by Gasteiger charge is 2.07. The van der Waals surface area contributed by atoms with Crippen molar-refractivity contribution >= 4 is 0 Å². The van der Waals surface area contributed by atoms with Gasteiger partial charge in [0.15, 0.2) is 0 Å². The van der Waals surface area contributed by atoms with Gasteiger partial charge in [0.2, 0.25) is 0 Å². The van der Waals surface area contributed by atoms with E-state index in [9.17, 15) is 0 Å². The third-order valence-electron chi connectivity index (χ3n) is 3.34. The van der Waals surface area contributed by atoms with Gasteiger partial charge in [0, 0.05) is 24.8 Å². The first-order valence-electron chi connectivity index (χ1n) is 7.08. The van der Waals surface area contributed by atoms with Gasteiger partial charge in [-0.3, -0.25) is 4.68 Å². The molecule has 1 N–H and O–H groups in total. The minimum Gasteiger partial charge on any atom is -0.313 e. The van der Waals surface area contributed by atoms with Gasteiger partial charge in [-0.25, -0.2) is 0 Å². The van der Waals surface area contributed by atoms with E-state index < -0.39 is 0 Å². The summed E-state index contributed by atoms with van der Waals surface area (Å²) >= 11 is 0. The predicted molar refractivity (Wildman–Crippen MR) is 80.1 cm³/mol. The average Bonchev–Trinajstić information content (AvgIpc) is 2.87. The van der Waals surface area contributed by atoms with Gasteiger partial charge in [-0.2, -0.15) is 5.10 Å².